The van der Waals surface area contributed by atoms with Crippen molar-refractivity contribution in [3.8, 4) is 22.3 Å². The summed E-state index contributed by atoms with van der Waals surface area (Å²) in [5.74, 6) is 0.486. The van der Waals surface area contributed by atoms with Crippen LogP contribution in [0.25, 0.3) is 33.3 Å². The number of ether oxygens (including phenoxy) is 1. The summed E-state index contributed by atoms with van der Waals surface area (Å²) in [5.41, 5.74) is 11.0. The second kappa shape index (κ2) is 9.86. The first-order valence-electron chi connectivity index (χ1n) is 14.6. The Bertz CT molecular complexity index is 1580. The lowest BCUT2D eigenvalue weighted by Gasteiger charge is -2.45. The molecule has 2 unspecified atom stereocenters. The number of aryl methyl sites for hydroxylation is 1. The number of aromatic nitrogens is 2. The molecule has 40 heavy (non-hydrogen) atoms. The molecular formula is C34H38N4O2. The van der Waals surface area contributed by atoms with Crippen LogP contribution in [0.15, 0.2) is 54.9 Å². The van der Waals surface area contributed by atoms with E-state index < -0.39 is 0 Å². The number of hydrogen-bond donors (Lipinski definition) is 1. The van der Waals surface area contributed by atoms with E-state index in [1.165, 1.54) is 29.5 Å². The number of fused-ring (bicyclic) bond motifs is 1. The van der Waals surface area contributed by atoms with Gasteiger partial charge < -0.3 is 19.5 Å². The van der Waals surface area contributed by atoms with Gasteiger partial charge in [-0.15, -0.1) is 0 Å². The minimum absolute atomic E-state index is 0.0550. The number of likely N-dealkylation sites (N-methyl/N-ethyl adjacent to an activating group) is 1. The van der Waals surface area contributed by atoms with E-state index in [9.17, 15) is 4.79 Å². The number of pyridine rings is 1. The van der Waals surface area contributed by atoms with Gasteiger partial charge >= 0.3 is 0 Å². The van der Waals surface area contributed by atoms with Crippen molar-refractivity contribution >= 4 is 16.9 Å². The molecule has 0 radical (unpaired) electrons. The van der Waals surface area contributed by atoms with Crippen LogP contribution in [-0.4, -0.2) is 66.1 Å². The fourth-order valence-corrected chi connectivity index (χ4v) is 7.54. The number of hydrogen-bond acceptors (Lipinski definition) is 4. The van der Waals surface area contributed by atoms with Gasteiger partial charge in [0.1, 0.15) is 5.65 Å². The predicted molar refractivity (Wildman–Crippen MR) is 159 cm³/mol. The first-order valence-corrected chi connectivity index (χ1v) is 14.6. The molecule has 0 bridgehead atoms. The number of amides is 1. The number of carbonyl (C=O) groups excluding carboxylic acids is 1. The molecule has 4 aromatic rings. The molecule has 206 valence electrons. The molecular weight excluding hydrogens is 496 g/mol. The Labute approximate surface area is 236 Å². The monoisotopic (exact) mass is 534 g/mol. The van der Waals surface area contributed by atoms with Gasteiger partial charge in [-0.3, -0.25) is 4.79 Å². The number of nitrogens with one attached hydrogen (secondary N) is 1. The fourth-order valence-electron chi connectivity index (χ4n) is 7.54. The van der Waals surface area contributed by atoms with Crippen LogP contribution in [0.3, 0.4) is 0 Å². The highest BCUT2D eigenvalue weighted by Crippen LogP contribution is 2.45. The molecule has 3 aliphatic rings. The van der Waals surface area contributed by atoms with E-state index in [2.05, 4.69) is 54.2 Å². The molecule has 1 N–H and O–H groups in total. The molecule has 4 heterocycles. The molecule has 0 saturated carbocycles. The van der Waals surface area contributed by atoms with Gasteiger partial charge in [0.05, 0.1) is 6.61 Å². The fraction of sp³-hybridized carbons (Fsp3) is 0.412. The maximum atomic E-state index is 13.0. The maximum absolute atomic E-state index is 13.0. The largest absolute Gasteiger partial charge is 0.381 e. The Morgan fingerprint density at radius 3 is 2.77 bits per heavy atom. The highest BCUT2D eigenvalue weighted by molar-refractivity contribution is 5.98. The summed E-state index contributed by atoms with van der Waals surface area (Å²) in [6.07, 6.45) is 8.74. The Kier molecular flexibility index (Phi) is 6.28. The summed E-state index contributed by atoms with van der Waals surface area (Å²) in [5, 5.41) is 1.10. The van der Waals surface area contributed by atoms with E-state index in [1.807, 2.05) is 36.5 Å². The number of carbonyl (C=O) groups is 1. The van der Waals surface area contributed by atoms with Crippen molar-refractivity contribution in [2.24, 2.45) is 5.92 Å². The van der Waals surface area contributed by atoms with Crippen molar-refractivity contribution in [3.05, 3.63) is 77.1 Å². The number of rotatable bonds is 5. The minimum atomic E-state index is 0.0550. The molecule has 7 rings (SSSR count). The van der Waals surface area contributed by atoms with E-state index in [0.29, 0.717) is 11.5 Å². The van der Waals surface area contributed by atoms with Crippen LogP contribution in [-0.2, 0) is 23.1 Å². The zero-order valence-electron chi connectivity index (χ0n) is 23.8. The average molecular weight is 535 g/mol. The number of benzene rings is 2. The Balaban J connectivity index is 1.19. The molecule has 1 amide bonds. The van der Waals surface area contributed by atoms with Gasteiger partial charge in [0.2, 0.25) is 0 Å². The standard InChI is InChI=1S/C34H38N4O2/c1-34-11-4-5-25-13-26(14-28(31(25)34)19-37(2)21-34)27-15-29-30(17-36-32(29)35-16-27)23-6-8-24(9-7-23)33(39)38(3)18-22-10-12-40-20-22/h6-9,13-17,22H,4-5,10-12,18-21H2,1-3H3,(H,35,36). The first-order chi connectivity index (χ1) is 19.4. The molecule has 6 heteroatoms. The SMILES string of the molecule is CN1Cc2cc(-c3cnc4[nH]cc(-c5ccc(C(=O)N(C)CC6CCOC6)cc5)c4c3)cc3c2C(C)(CCC3)C1. The second-order valence-electron chi connectivity index (χ2n) is 12.6. The van der Waals surface area contributed by atoms with Gasteiger partial charge in [-0.2, -0.15) is 0 Å². The van der Waals surface area contributed by atoms with Crippen LogP contribution >= 0.6 is 0 Å². The molecule has 2 aromatic heterocycles. The summed E-state index contributed by atoms with van der Waals surface area (Å²) in [4.78, 5) is 25.5. The van der Waals surface area contributed by atoms with Crippen LogP contribution in [0, 0.1) is 5.92 Å². The maximum Gasteiger partial charge on any atom is 0.253 e. The molecule has 2 atom stereocenters. The van der Waals surface area contributed by atoms with Crippen molar-refractivity contribution in [1.29, 1.82) is 0 Å². The number of H-pyrrole nitrogens is 1. The summed E-state index contributed by atoms with van der Waals surface area (Å²) in [6, 6.07) is 15.1. The van der Waals surface area contributed by atoms with Crippen molar-refractivity contribution in [1.82, 2.24) is 19.8 Å². The molecule has 1 fully saturated rings. The summed E-state index contributed by atoms with van der Waals surface area (Å²) in [7, 11) is 4.13. The third-order valence-electron chi connectivity index (χ3n) is 9.35. The lowest BCUT2D eigenvalue weighted by molar-refractivity contribution is 0.0766. The van der Waals surface area contributed by atoms with Crippen LogP contribution in [0.4, 0.5) is 0 Å². The van der Waals surface area contributed by atoms with E-state index in [1.54, 1.807) is 5.56 Å². The second-order valence-corrected chi connectivity index (χ2v) is 12.6. The van der Waals surface area contributed by atoms with E-state index in [-0.39, 0.29) is 11.3 Å². The molecule has 1 saturated heterocycles. The third kappa shape index (κ3) is 4.43. The Hall–Kier alpha value is -3.48. The van der Waals surface area contributed by atoms with E-state index in [0.717, 1.165) is 73.4 Å². The zero-order valence-corrected chi connectivity index (χ0v) is 23.8. The number of nitrogens with zero attached hydrogens (tertiary/aromatic N) is 3. The number of aromatic amines is 1. The molecule has 2 aromatic carbocycles. The Morgan fingerprint density at radius 2 is 1.98 bits per heavy atom. The lowest BCUT2D eigenvalue weighted by atomic mass is 9.67. The average Bonchev–Trinajstić information content (AvgIpc) is 3.61. The van der Waals surface area contributed by atoms with Crippen LogP contribution in [0.1, 0.15) is 53.2 Å². The van der Waals surface area contributed by atoms with Crippen molar-refractivity contribution < 1.29 is 9.53 Å². The smallest absolute Gasteiger partial charge is 0.253 e. The zero-order chi connectivity index (χ0) is 27.4. The summed E-state index contributed by atoms with van der Waals surface area (Å²) >= 11 is 0. The van der Waals surface area contributed by atoms with Crippen LogP contribution < -0.4 is 0 Å². The van der Waals surface area contributed by atoms with Crippen LogP contribution in [0.2, 0.25) is 0 Å². The summed E-state index contributed by atoms with van der Waals surface area (Å²) < 4.78 is 5.48. The lowest BCUT2D eigenvalue weighted by Crippen LogP contribution is -2.44. The van der Waals surface area contributed by atoms with Crippen molar-refractivity contribution in [2.75, 3.05) is 40.4 Å². The quantitative estimate of drug-likeness (QED) is 0.339. The van der Waals surface area contributed by atoms with Gasteiger partial charge in [0.15, 0.2) is 0 Å². The minimum Gasteiger partial charge on any atom is -0.381 e. The van der Waals surface area contributed by atoms with Gasteiger partial charge in [0, 0.05) is 79.1 Å². The van der Waals surface area contributed by atoms with Crippen molar-refractivity contribution in [3.63, 3.8) is 0 Å². The van der Waals surface area contributed by atoms with E-state index in [4.69, 9.17) is 9.72 Å². The highest BCUT2D eigenvalue weighted by atomic mass is 16.5. The highest BCUT2D eigenvalue weighted by Gasteiger charge is 2.38. The summed E-state index contributed by atoms with van der Waals surface area (Å²) in [6.45, 7) is 6.88. The van der Waals surface area contributed by atoms with Gasteiger partial charge in [-0.1, -0.05) is 25.1 Å². The van der Waals surface area contributed by atoms with Crippen molar-refractivity contribution in [2.45, 2.75) is 44.6 Å². The van der Waals surface area contributed by atoms with Gasteiger partial charge in [-0.05, 0) is 84.8 Å². The molecule has 2 aliphatic heterocycles. The normalized spacial score (nSPS) is 22.4. The van der Waals surface area contributed by atoms with Gasteiger partial charge in [-0.25, -0.2) is 4.98 Å². The molecule has 6 nitrogen and oxygen atoms in total. The first kappa shape index (κ1) is 25.5. The molecule has 1 aliphatic carbocycles. The van der Waals surface area contributed by atoms with Crippen LogP contribution in [0.5, 0.6) is 0 Å². The third-order valence-corrected chi connectivity index (χ3v) is 9.35. The topological polar surface area (TPSA) is 61.5 Å². The predicted octanol–water partition coefficient (Wildman–Crippen LogP) is 6.04. The van der Waals surface area contributed by atoms with E-state index >= 15 is 0 Å². The molecule has 0 spiro atoms. The van der Waals surface area contributed by atoms with Gasteiger partial charge in [0.25, 0.3) is 5.91 Å². The Morgan fingerprint density at radius 1 is 1.15 bits per heavy atom.